The average molecular weight is 361 g/mol. The third kappa shape index (κ3) is 3.23. The Kier molecular flexibility index (Phi) is 4.51. The Labute approximate surface area is 126 Å². The van der Waals surface area contributed by atoms with E-state index in [9.17, 15) is 14.0 Å². The Morgan fingerprint density at radius 1 is 1.45 bits per heavy atom. The molecule has 0 atom stereocenters. The van der Waals surface area contributed by atoms with Gasteiger partial charge in [0.25, 0.3) is 5.56 Å². The summed E-state index contributed by atoms with van der Waals surface area (Å²) < 4.78 is 14.5. The summed E-state index contributed by atoms with van der Waals surface area (Å²) in [6.07, 6.45) is 1.15. The Hall–Kier alpha value is -1.73. The lowest BCUT2D eigenvalue weighted by atomic mass is 10.3. The zero-order valence-electron chi connectivity index (χ0n) is 9.94. The molecule has 1 N–H and O–H groups in total. The standard InChI is InChI=1S/C12H8BrClFN3O2/c13-10-11(14)16-6-18(12(10)20)5-9(19)17-8-4-2-1-3-7(8)15/h1-4,6H,5H2,(H,17,19). The topological polar surface area (TPSA) is 64.0 Å². The molecule has 1 amide bonds. The fraction of sp³-hybridized carbons (Fsp3) is 0.0833. The molecule has 2 aromatic rings. The fourth-order valence-corrected chi connectivity index (χ4v) is 1.92. The Morgan fingerprint density at radius 2 is 2.15 bits per heavy atom. The summed E-state index contributed by atoms with van der Waals surface area (Å²) in [6, 6.07) is 5.75. The highest BCUT2D eigenvalue weighted by atomic mass is 79.9. The van der Waals surface area contributed by atoms with Crippen LogP contribution < -0.4 is 10.9 Å². The summed E-state index contributed by atoms with van der Waals surface area (Å²) in [5.41, 5.74) is -0.444. The third-order valence-corrected chi connectivity index (χ3v) is 3.63. The SMILES string of the molecule is O=C(Cn1cnc(Cl)c(Br)c1=O)Nc1ccccc1F. The first-order chi connectivity index (χ1) is 9.49. The molecule has 5 nitrogen and oxygen atoms in total. The van der Waals surface area contributed by atoms with E-state index in [0.717, 1.165) is 10.9 Å². The predicted molar refractivity (Wildman–Crippen MR) is 76.2 cm³/mol. The van der Waals surface area contributed by atoms with Gasteiger partial charge in [-0.1, -0.05) is 23.7 Å². The summed E-state index contributed by atoms with van der Waals surface area (Å²) >= 11 is 8.63. The minimum Gasteiger partial charge on any atom is -0.322 e. The molecule has 0 unspecified atom stereocenters. The van der Waals surface area contributed by atoms with Crippen molar-refractivity contribution in [2.75, 3.05) is 5.32 Å². The summed E-state index contributed by atoms with van der Waals surface area (Å²) in [7, 11) is 0. The molecule has 8 heteroatoms. The van der Waals surface area contributed by atoms with Gasteiger partial charge < -0.3 is 5.32 Å². The zero-order chi connectivity index (χ0) is 14.7. The lowest BCUT2D eigenvalue weighted by Gasteiger charge is -2.08. The number of amides is 1. The number of aromatic nitrogens is 2. The number of hydrogen-bond acceptors (Lipinski definition) is 3. The van der Waals surface area contributed by atoms with Crippen molar-refractivity contribution >= 4 is 39.1 Å². The van der Waals surface area contributed by atoms with E-state index in [2.05, 4.69) is 26.2 Å². The third-order valence-electron chi connectivity index (χ3n) is 2.40. The normalized spacial score (nSPS) is 10.3. The van der Waals surface area contributed by atoms with E-state index in [4.69, 9.17) is 11.6 Å². The maximum absolute atomic E-state index is 13.4. The van der Waals surface area contributed by atoms with Crippen LogP contribution >= 0.6 is 27.5 Å². The number of carbonyl (C=O) groups excluding carboxylic acids is 1. The molecule has 104 valence electrons. The summed E-state index contributed by atoms with van der Waals surface area (Å²) in [4.78, 5) is 27.3. The smallest absolute Gasteiger partial charge is 0.269 e. The second-order valence-corrected chi connectivity index (χ2v) is 4.96. The Morgan fingerprint density at radius 3 is 2.85 bits per heavy atom. The molecule has 0 aliphatic heterocycles. The molecule has 1 aromatic heterocycles. The predicted octanol–water partition coefficient (Wildman–Crippen LogP) is 2.44. The highest BCUT2D eigenvalue weighted by Gasteiger charge is 2.11. The van der Waals surface area contributed by atoms with Gasteiger partial charge in [-0.25, -0.2) is 9.37 Å². The van der Waals surface area contributed by atoms with Crippen LogP contribution in [0.3, 0.4) is 0 Å². The first-order valence-electron chi connectivity index (χ1n) is 5.44. The van der Waals surface area contributed by atoms with Gasteiger partial charge in [-0.05, 0) is 28.1 Å². The van der Waals surface area contributed by atoms with Gasteiger partial charge in [0.05, 0.1) is 12.0 Å². The minimum atomic E-state index is -0.552. The molecule has 0 spiro atoms. The molecule has 0 fully saturated rings. The van der Waals surface area contributed by atoms with Crippen molar-refractivity contribution in [3.63, 3.8) is 0 Å². The van der Waals surface area contributed by atoms with Gasteiger partial charge in [-0.3, -0.25) is 14.2 Å². The Bertz CT molecular complexity index is 720. The number of para-hydroxylation sites is 1. The van der Waals surface area contributed by atoms with Crippen molar-refractivity contribution in [1.82, 2.24) is 9.55 Å². The molecule has 2 rings (SSSR count). The van der Waals surface area contributed by atoms with E-state index < -0.39 is 17.3 Å². The second-order valence-electron chi connectivity index (χ2n) is 3.81. The molecule has 0 aliphatic rings. The van der Waals surface area contributed by atoms with Crippen LogP contribution in [0.4, 0.5) is 10.1 Å². The number of anilines is 1. The lowest BCUT2D eigenvalue weighted by molar-refractivity contribution is -0.116. The first-order valence-corrected chi connectivity index (χ1v) is 6.61. The molecule has 20 heavy (non-hydrogen) atoms. The van der Waals surface area contributed by atoms with E-state index in [0.29, 0.717) is 0 Å². The van der Waals surface area contributed by atoms with E-state index in [1.54, 1.807) is 6.07 Å². The zero-order valence-corrected chi connectivity index (χ0v) is 12.3. The van der Waals surface area contributed by atoms with Crippen LogP contribution in [0.2, 0.25) is 5.15 Å². The summed E-state index contributed by atoms with van der Waals surface area (Å²) in [6.45, 7) is -0.296. The maximum Gasteiger partial charge on any atom is 0.269 e. The molecular formula is C12H8BrClFN3O2. The number of nitrogens with one attached hydrogen (secondary N) is 1. The van der Waals surface area contributed by atoms with Crippen LogP contribution in [-0.4, -0.2) is 15.5 Å². The van der Waals surface area contributed by atoms with Crippen LogP contribution in [-0.2, 0) is 11.3 Å². The van der Waals surface area contributed by atoms with Gasteiger partial charge in [0, 0.05) is 0 Å². The minimum absolute atomic E-state index is 0.0146. The van der Waals surface area contributed by atoms with Crippen LogP contribution in [0.1, 0.15) is 0 Å². The molecule has 1 heterocycles. The van der Waals surface area contributed by atoms with E-state index in [1.165, 1.54) is 18.2 Å². The molecule has 0 radical (unpaired) electrons. The van der Waals surface area contributed by atoms with Crippen molar-refractivity contribution < 1.29 is 9.18 Å². The van der Waals surface area contributed by atoms with Crippen LogP contribution in [0.15, 0.2) is 39.9 Å². The first kappa shape index (κ1) is 14.7. The largest absolute Gasteiger partial charge is 0.322 e. The number of benzene rings is 1. The summed E-state index contributed by atoms with van der Waals surface area (Å²) in [5, 5.41) is 2.38. The van der Waals surface area contributed by atoms with Crippen LogP contribution in [0.5, 0.6) is 0 Å². The highest BCUT2D eigenvalue weighted by molar-refractivity contribution is 9.10. The monoisotopic (exact) mass is 359 g/mol. The van der Waals surface area contributed by atoms with E-state index in [1.807, 2.05) is 0 Å². The van der Waals surface area contributed by atoms with Crippen molar-refractivity contribution in [2.24, 2.45) is 0 Å². The molecule has 0 saturated carbocycles. The lowest BCUT2D eigenvalue weighted by Crippen LogP contribution is -2.28. The van der Waals surface area contributed by atoms with Crippen molar-refractivity contribution in [3.8, 4) is 0 Å². The quantitative estimate of drug-likeness (QED) is 0.855. The highest BCUT2D eigenvalue weighted by Crippen LogP contribution is 2.14. The van der Waals surface area contributed by atoms with Gasteiger partial charge in [-0.2, -0.15) is 0 Å². The fourth-order valence-electron chi connectivity index (χ4n) is 1.46. The van der Waals surface area contributed by atoms with E-state index in [-0.39, 0.29) is 21.9 Å². The average Bonchev–Trinajstić information content (AvgIpc) is 2.42. The van der Waals surface area contributed by atoms with Crippen LogP contribution in [0, 0.1) is 5.82 Å². The number of carbonyl (C=O) groups is 1. The molecular weight excluding hydrogens is 353 g/mol. The van der Waals surface area contributed by atoms with Gasteiger partial charge in [-0.15, -0.1) is 0 Å². The Balaban J connectivity index is 2.15. The van der Waals surface area contributed by atoms with Gasteiger partial charge in [0.2, 0.25) is 5.91 Å². The van der Waals surface area contributed by atoms with Crippen molar-refractivity contribution in [2.45, 2.75) is 6.54 Å². The number of halogens is 3. The van der Waals surface area contributed by atoms with Crippen molar-refractivity contribution in [3.05, 3.63) is 56.4 Å². The van der Waals surface area contributed by atoms with Gasteiger partial charge in [0.1, 0.15) is 16.8 Å². The molecule has 0 bridgehead atoms. The molecule has 0 aliphatic carbocycles. The van der Waals surface area contributed by atoms with Gasteiger partial charge >= 0.3 is 0 Å². The molecule has 1 aromatic carbocycles. The van der Waals surface area contributed by atoms with Crippen molar-refractivity contribution in [1.29, 1.82) is 0 Å². The number of rotatable bonds is 3. The van der Waals surface area contributed by atoms with Gasteiger partial charge in [0.15, 0.2) is 5.15 Å². The second kappa shape index (κ2) is 6.15. The summed E-state index contributed by atoms with van der Waals surface area (Å²) in [5.74, 6) is -1.10. The van der Waals surface area contributed by atoms with E-state index >= 15 is 0 Å². The maximum atomic E-state index is 13.4. The number of nitrogens with zero attached hydrogens (tertiary/aromatic N) is 2. The number of hydrogen-bond donors (Lipinski definition) is 1. The molecule has 0 saturated heterocycles. The van der Waals surface area contributed by atoms with Crippen LogP contribution in [0.25, 0.3) is 0 Å².